The normalized spacial score (nSPS) is 12.9. The van der Waals surface area contributed by atoms with Crippen molar-refractivity contribution in [3.63, 3.8) is 0 Å². The second kappa shape index (κ2) is 5.76. The first-order valence-electron chi connectivity index (χ1n) is 5.92. The van der Waals surface area contributed by atoms with Gasteiger partial charge in [0.25, 0.3) is 0 Å². The highest BCUT2D eigenvalue weighted by Gasteiger charge is 2.17. The summed E-state index contributed by atoms with van der Waals surface area (Å²) in [5.41, 5.74) is 1.11. The van der Waals surface area contributed by atoms with E-state index in [-0.39, 0.29) is 6.04 Å². The fourth-order valence-corrected chi connectivity index (χ4v) is 3.63. The van der Waals surface area contributed by atoms with E-state index < -0.39 is 0 Å². The Hall–Kier alpha value is -0.710. The Morgan fingerprint density at radius 1 is 1.35 bits per heavy atom. The van der Waals surface area contributed by atoms with Crippen LogP contribution in [0.2, 0.25) is 0 Å². The first kappa shape index (κ1) is 12.7. The van der Waals surface area contributed by atoms with Gasteiger partial charge in [-0.05, 0) is 38.9 Å². The fourth-order valence-electron chi connectivity index (χ4n) is 1.71. The van der Waals surface area contributed by atoms with Crippen molar-refractivity contribution in [3.05, 3.63) is 38.0 Å². The summed E-state index contributed by atoms with van der Waals surface area (Å²) in [6, 6.07) is 4.66. The molecule has 0 aliphatic heterocycles. The molecule has 1 N–H and O–H groups in total. The van der Waals surface area contributed by atoms with Gasteiger partial charge in [0.05, 0.1) is 6.04 Å². The van der Waals surface area contributed by atoms with Crippen LogP contribution in [0.15, 0.2) is 17.5 Å². The summed E-state index contributed by atoms with van der Waals surface area (Å²) in [5.74, 6) is 0. The minimum absolute atomic E-state index is 0.271. The SMILES string of the molecule is CCCNC(c1ccc(C)s1)c1nc(C)cs1. The quantitative estimate of drug-likeness (QED) is 0.887. The molecule has 0 aromatic carbocycles. The Bertz CT molecular complexity index is 433. The Morgan fingerprint density at radius 2 is 2.18 bits per heavy atom. The number of nitrogens with one attached hydrogen (secondary N) is 1. The van der Waals surface area contributed by atoms with Crippen LogP contribution in [0.5, 0.6) is 0 Å². The monoisotopic (exact) mass is 266 g/mol. The summed E-state index contributed by atoms with van der Waals surface area (Å²) >= 11 is 3.60. The zero-order valence-corrected chi connectivity index (χ0v) is 12.1. The van der Waals surface area contributed by atoms with Gasteiger partial charge in [0.1, 0.15) is 5.01 Å². The first-order chi connectivity index (χ1) is 8.20. The average Bonchev–Trinajstić information content (AvgIpc) is 2.89. The van der Waals surface area contributed by atoms with E-state index in [2.05, 4.69) is 48.6 Å². The molecule has 0 aliphatic carbocycles. The van der Waals surface area contributed by atoms with Crippen molar-refractivity contribution < 1.29 is 0 Å². The number of nitrogens with zero attached hydrogens (tertiary/aromatic N) is 1. The van der Waals surface area contributed by atoms with Gasteiger partial charge in [0.15, 0.2) is 0 Å². The first-order valence-corrected chi connectivity index (χ1v) is 7.62. The predicted molar refractivity (Wildman–Crippen MR) is 76.0 cm³/mol. The van der Waals surface area contributed by atoms with Crippen LogP contribution in [0.4, 0.5) is 0 Å². The molecule has 0 spiro atoms. The molecule has 0 aliphatic rings. The highest BCUT2D eigenvalue weighted by atomic mass is 32.1. The van der Waals surface area contributed by atoms with Gasteiger partial charge in [-0.3, -0.25) is 0 Å². The van der Waals surface area contributed by atoms with Crippen molar-refractivity contribution >= 4 is 22.7 Å². The van der Waals surface area contributed by atoms with Crippen LogP contribution in [0.25, 0.3) is 0 Å². The van der Waals surface area contributed by atoms with Gasteiger partial charge >= 0.3 is 0 Å². The van der Waals surface area contributed by atoms with Crippen LogP contribution in [0, 0.1) is 13.8 Å². The van der Waals surface area contributed by atoms with E-state index in [0.717, 1.165) is 18.7 Å². The van der Waals surface area contributed by atoms with Gasteiger partial charge < -0.3 is 5.32 Å². The van der Waals surface area contributed by atoms with Crippen molar-refractivity contribution in [2.24, 2.45) is 0 Å². The van der Waals surface area contributed by atoms with E-state index in [1.165, 1.54) is 14.8 Å². The molecule has 0 saturated carbocycles. The van der Waals surface area contributed by atoms with Gasteiger partial charge in [-0.1, -0.05) is 6.92 Å². The lowest BCUT2D eigenvalue weighted by atomic mass is 10.2. The smallest absolute Gasteiger partial charge is 0.115 e. The van der Waals surface area contributed by atoms with Crippen molar-refractivity contribution in [2.75, 3.05) is 6.54 Å². The Morgan fingerprint density at radius 3 is 2.71 bits per heavy atom. The van der Waals surface area contributed by atoms with E-state index >= 15 is 0 Å². The summed E-state index contributed by atoms with van der Waals surface area (Å²) in [7, 11) is 0. The molecule has 1 atom stereocenters. The fraction of sp³-hybridized carbons (Fsp3) is 0.462. The highest BCUT2D eigenvalue weighted by Crippen LogP contribution is 2.30. The van der Waals surface area contributed by atoms with Crippen molar-refractivity contribution in [2.45, 2.75) is 33.2 Å². The van der Waals surface area contributed by atoms with Gasteiger partial charge in [-0.2, -0.15) is 0 Å². The summed E-state index contributed by atoms with van der Waals surface area (Å²) < 4.78 is 0. The maximum Gasteiger partial charge on any atom is 0.115 e. The van der Waals surface area contributed by atoms with Gasteiger partial charge in [0, 0.05) is 20.8 Å². The van der Waals surface area contributed by atoms with Crippen LogP contribution >= 0.6 is 22.7 Å². The Labute approximate surface area is 111 Å². The zero-order chi connectivity index (χ0) is 12.3. The molecule has 2 heterocycles. The number of aryl methyl sites for hydroxylation is 2. The van der Waals surface area contributed by atoms with Crippen molar-refractivity contribution in [1.82, 2.24) is 10.3 Å². The van der Waals surface area contributed by atoms with Crippen LogP contribution in [0.3, 0.4) is 0 Å². The molecule has 17 heavy (non-hydrogen) atoms. The molecule has 2 aromatic rings. The number of aromatic nitrogens is 1. The largest absolute Gasteiger partial charge is 0.304 e. The number of thiazole rings is 1. The minimum atomic E-state index is 0.271. The molecule has 0 amide bonds. The molecule has 2 rings (SSSR count). The van der Waals surface area contributed by atoms with Crippen LogP contribution in [-0.4, -0.2) is 11.5 Å². The molecule has 92 valence electrons. The van der Waals surface area contributed by atoms with Crippen molar-refractivity contribution in [1.29, 1.82) is 0 Å². The summed E-state index contributed by atoms with van der Waals surface area (Å²) in [6.07, 6.45) is 1.14. The molecular formula is C13H18N2S2. The van der Waals surface area contributed by atoms with Gasteiger partial charge in [-0.25, -0.2) is 4.98 Å². The minimum Gasteiger partial charge on any atom is -0.304 e. The summed E-state index contributed by atoms with van der Waals surface area (Å²) in [4.78, 5) is 7.34. The van der Waals surface area contributed by atoms with Crippen LogP contribution in [0.1, 0.15) is 39.8 Å². The molecule has 4 heteroatoms. The molecule has 0 fully saturated rings. The van der Waals surface area contributed by atoms with Crippen LogP contribution < -0.4 is 5.32 Å². The summed E-state index contributed by atoms with van der Waals surface area (Å²) in [6.45, 7) is 7.42. The maximum atomic E-state index is 4.61. The van der Waals surface area contributed by atoms with Crippen LogP contribution in [-0.2, 0) is 0 Å². The molecule has 2 aromatic heterocycles. The third kappa shape index (κ3) is 3.15. The molecule has 1 unspecified atom stereocenters. The molecular weight excluding hydrogens is 248 g/mol. The number of rotatable bonds is 5. The molecule has 0 saturated heterocycles. The van der Waals surface area contributed by atoms with E-state index in [1.807, 2.05) is 11.3 Å². The van der Waals surface area contributed by atoms with E-state index in [4.69, 9.17) is 0 Å². The lowest BCUT2D eigenvalue weighted by Crippen LogP contribution is -2.22. The number of thiophene rings is 1. The standard InChI is InChI=1S/C13H18N2S2/c1-4-7-14-12(11-6-5-10(3)17-11)13-15-9(2)8-16-13/h5-6,8,12,14H,4,7H2,1-3H3. The number of hydrogen-bond donors (Lipinski definition) is 1. The zero-order valence-electron chi connectivity index (χ0n) is 10.5. The second-order valence-electron chi connectivity index (χ2n) is 4.16. The maximum absolute atomic E-state index is 4.61. The summed E-state index contributed by atoms with van der Waals surface area (Å²) in [5, 5.41) is 6.89. The third-order valence-corrected chi connectivity index (χ3v) is 4.62. The Balaban J connectivity index is 2.24. The lowest BCUT2D eigenvalue weighted by molar-refractivity contribution is 0.602. The Kier molecular flexibility index (Phi) is 4.31. The highest BCUT2D eigenvalue weighted by molar-refractivity contribution is 7.12. The number of hydrogen-bond acceptors (Lipinski definition) is 4. The van der Waals surface area contributed by atoms with Crippen molar-refractivity contribution in [3.8, 4) is 0 Å². The third-order valence-electron chi connectivity index (χ3n) is 2.53. The molecule has 2 nitrogen and oxygen atoms in total. The van der Waals surface area contributed by atoms with E-state index in [9.17, 15) is 0 Å². The average molecular weight is 266 g/mol. The van der Waals surface area contributed by atoms with Gasteiger partial charge in [-0.15, -0.1) is 22.7 Å². The van der Waals surface area contributed by atoms with Gasteiger partial charge in [0.2, 0.25) is 0 Å². The lowest BCUT2D eigenvalue weighted by Gasteiger charge is -2.14. The molecule has 0 radical (unpaired) electrons. The topological polar surface area (TPSA) is 24.9 Å². The second-order valence-corrected chi connectivity index (χ2v) is 6.37. The van der Waals surface area contributed by atoms with E-state index in [0.29, 0.717) is 0 Å². The predicted octanol–water partition coefficient (Wildman–Crippen LogP) is 3.91. The molecule has 0 bridgehead atoms. The van der Waals surface area contributed by atoms with E-state index in [1.54, 1.807) is 11.3 Å².